The summed E-state index contributed by atoms with van der Waals surface area (Å²) in [6, 6.07) is 18.9. The highest BCUT2D eigenvalue weighted by Gasteiger charge is 2.06. The highest BCUT2D eigenvalue weighted by atomic mass is 79.9. The average molecular weight is 313 g/mol. The van der Waals surface area contributed by atoms with Crippen LogP contribution in [0.15, 0.2) is 65.4 Å². The average Bonchev–Trinajstić information content (AvgIpc) is 2.79. The number of halogens is 1. The van der Waals surface area contributed by atoms with Gasteiger partial charge in [-0.25, -0.2) is 4.98 Å². The van der Waals surface area contributed by atoms with Crippen LogP contribution in [0.5, 0.6) is 0 Å². The highest BCUT2D eigenvalue weighted by Crippen LogP contribution is 2.25. The summed E-state index contributed by atoms with van der Waals surface area (Å²) in [7, 11) is 2.00. The van der Waals surface area contributed by atoms with Gasteiger partial charge in [0.1, 0.15) is 10.4 Å². The third kappa shape index (κ3) is 2.47. The SMILES string of the molecule is Cn1cc(Br)nc1-c1ccc(-c2ccccc2)cc1. The lowest BCUT2D eigenvalue weighted by Crippen LogP contribution is -1.90. The number of aryl methyl sites for hydroxylation is 1. The zero-order valence-corrected chi connectivity index (χ0v) is 12.1. The normalized spacial score (nSPS) is 10.6. The van der Waals surface area contributed by atoms with Gasteiger partial charge >= 0.3 is 0 Å². The van der Waals surface area contributed by atoms with Crippen LogP contribution in [0.4, 0.5) is 0 Å². The molecule has 2 nitrogen and oxygen atoms in total. The van der Waals surface area contributed by atoms with Crippen molar-refractivity contribution in [2.75, 3.05) is 0 Å². The van der Waals surface area contributed by atoms with Crippen molar-refractivity contribution in [3.63, 3.8) is 0 Å². The molecule has 1 heterocycles. The van der Waals surface area contributed by atoms with E-state index in [9.17, 15) is 0 Å². The number of imidazole rings is 1. The summed E-state index contributed by atoms with van der Waals surface area (Å²) >= 11 is 3.40. The molecule has 0 unspecified atom stereocenters. The summed E-state index contributed by atoms with van der Waals surface area (Å²) in [6.45, 7) is 0. The summed E-state index contributed by atoms with van der Waals surface area (Å²) in [5.74, 6) is 0.964. The van der Waals surface area contributed by atoms with Crippen LogP contribution in [0.1, 0.15) is 0 Å². The van der Waals surface area contributed by atoms with Crippen molar-refractivity contribution >= 4 is 15.9 Å². The third-order valence-corrected chi connectivity index (χ3v) is 3.48. The quantitative estimate of drug-likeness (QED) is 0.680. The molecular formula is C16H13BrN2. The van der Waals surface area contributed by atoms with Gasteiger partial charge in [-0.15, -0.1) is 0 Å². The Morgan fingerprint density at radius 3 is 2.00 bits per heavy atom. The number of hydrogen-bond donors (Lipinski definition) is 0. The predicted molar refractivity (Wildman–Crippen MR) is 81.8 cm³/mol. The maximum atomic E-state index is 4.46. The van der Waals surface area contributed by atoms with Crippen LogP contribution in [-0.4, -0.2) is 9.55 Å². The van der Waals surface area contributed by atoms with Crippen LogP contribution in [0.2, 0.25) is 0 Å². The van der Waals surface area contributed by atoms with Gasteiger partial charge in [0.25, 0.3) is 0 Å². The highest BCUT2D eigenvalue weighted by molar-refractivity contribution is 9.10. The first-order valence-electron chi connectivity index (χ1n) is 6.09. The molecule has 0 aliphatic heterocycles. The van der Waals surface area contributed by atoms with Crippen LogP contribution in [-0.2, 0) is 7.05 Å². The summed E-state index contributed by atoms with van der Waals surface area (Å²) in [5.41, 5.74) is 3.57. The maximum Gasteiger partial charge on any atom is 0.141 e. The van der Waals surface area contributed by atoms with Crippen molar-refractivity contribution in [1.29, 1.82) is 0 Å². The smallest absolute Gasteiger partial charge is 0.141 e. The van der Waals surface area contributed by atoms with E-state index in [0.717, 1.165) is 16.0 Å². The Labute approximate surface area is 120 Å². The van der Waals surface area contributed by atoms with Gasteiger partial charge in [-0.2, -0.15) is 0 Å². The summed E-state index contributed by atoms with van der Waals surface area (Å²) in [6.07, 6.45) is 1.96. The molecule has 0 bridgehead atoms. The lowest BCUT2D eigenvalue weighted by atomic mass is 10.0. The molecular weight excluding hydrogens is 300 g/mol. The van der Waals surface area contributed by atoms with Crippen LogP contribution in [0, 0.1) is 0 Å². The molecule has 0 spiro atoms. The molecule has 0 atom stereocenters. The molecule has 2 aromatic carbocycles. The summed E-state index contributed by atoms with van der Waals surface area (Å²) in [4.78, 5) is 4.46. The lowest BCUT2D eigenvalue weighted by Gasteiger charge is -2.04. The molecule has 94 valence electrons. The van der Waals surface area contributed by atoms with E-state index in [-0.39, 0.29) is 0 Å². The zero-order valence-electron chi connectivity index (χ0n) is 10.5. The second-order valence-electron chi connectivity index (χ2n) is 4.44. The van der Waals surface area contributed by atoms with Crippen LogP contribution in [0.3, 0.4) is 0 Å². The molecule has 3 aromatic rings. The van der Waals surface area contributed by atoms with Crippen molar-refractivity contribution in [3.05, 3.63) is 65.4 Å². The van der Waals surface area contributed by atoms with E-state index >= 15 is 0 Å². The second-order valence-corrected chi connectivity index (χ2v) is 5.25. The predicted octanol–water partition coefficient (Wildman–Crippen LogP) is 4.52. The minimum Gasteiger partial charge on any atom is -0.333 e. The number of benzene rings is 2. The maximum absolute atomic E-state index is 4.46. The minimum atomic E-state index is 0.858. The van der Waals surface area contributed by atoms with Crippen LogP contribution < -0.4 is 0 Å². The molecule has 1 aromatic heterocycles. The number of nitrogens with zero attached hydrogens (tertiary/aromatic N) is 2. The number of hydrogen-bond acceptors (Lipinski definition) is 1. The number of aromatic nitrogens is 2. The van der Waals surface area contributed by atoms with Crippen molar-refractivity contribution in [3.8, 4) is 22.5 Å². The van der Waals surface area contributed by atoms with E-state index < -0.39 is 0 Å². The first-order valence-corrected chi connectivity index (χ1v) is 6.88. The molecule has 0 aliphatic rings. The molecule has 3 heteroatoms. The first kappa shape index (κ1) is 12.2. The fourth-order valence-corrected chi connectivity index (χ4v) is 2.62. The zero-order chi connectivity index (χ0) is 13.2. The van der Waals surface area contributed by atoms with Gasteiger partial charge in [-0.1, -0.05) is 54.6 Å². The van der Waals surface area contributed by atoms with E-state index in [2.05, 4.69) is 69.4 Å². The third-order valence-electron chi connectivity index (χ3n) is 3.10. The Balaban J connectivity index is 1.98. The monoisotopic (exact) mass is 312 g/mol. The molecule has 19 heavy (non-hydrogen) atoms. The van der Waals surface area contributed by atoms with Crippen molar-refractivity contribution in [1.82, 2.24) is 9.55 Å². The fraction of sp³-hybridized carbons (Fsp3) is 0.0625. The largest absolute Gasteiger partial charge is 0.333 e. The minimum absolute atomic E-state index is 0.858. The Hall–Kier alpha value is -1.87. The van der Waals surface area contributed by atoms with E-state index in [1.54, 1.807) is 0 Å². The molecule has 0 fully saturated rings. The second kappa shape index (κ2) is 5.02. The van der Waals surface area contributed by atoms with E-state index in [0.29, 0.717) is 0 Å². The van der Waals surface area contributed by atoms with Gasteiger partial charge in [0.15, 0.2) is 0 Å². The molecule has 3 rings (SSSR count). The molecule has 0 radical (unpaired) electrons. The van der Waals surface area contributed by atoms with Crippen molar-refractivity contribution < 1.29 is 0 Å². The van der Waals surface area contributed by atoms with Crippen molar-refractivity contribution in [2.45, 2.75) is 0 Å². The van der Waals surface area contributed by atoms with Gasteiger partial charge in [0.2, 0.25) is 0 Å². The topological polar surface area (TPSA) is 17.8 Å². The molecule has 0 N–H and O–H groups in total. The van der Waals surface area contributed by atoms with Gasteiger partial charge in [0.05, 0.1) is 0 Å². The van der Waals surface area contributed by atoms with E-state index in [1.807, 2.05) is 23.9 Å². The molecule has 0 saturated carbocycles. The summed E-state index contributed by atoms with van der Waals surface area (Å²) in [5, 5.41) is 0. The van der Waals surface area contributed by atoms with Crippen molar-refractivity contribution in [2.24, 2.45) is 7.05 Å². The number of rotatable bonds is 2. The Bertz CT molecular complexity index is 685. The van der Waals surface area contributed by atoms with E-state index in [1.165, 1.54) is 11.1 Å². The lowest BCUT2D eigenvalue weighted by molar-refractivity contribution is 0.924. The van der Waals surface area contributed by atoms with Crippen LogP contribution in [0.25, 0.3) is 22.5 Å². The van der Waals surface area contributed by atoms with Gasteiger partial charge < -0.3 is 4.57 Å². The van der Waals surface area contributed by atoms with Crippen LogP contribution >= 0.6 is 15.9 Å². The molecule has 0 amide bonds. The Morgan fingerprint density at radius 1 is 0.842 bits per heavy atom. The molecule has 0 aliphatic carbocycles. The first-order chi connectivity index (χ1) is 9.24. The summed E-state index contributed by atoms with van der Waals surface area (Å²) < 4.78 is 2.87. The van der Waals surface area contributed by atoms with E-state index in [4.69, 9.17) is 0 Å². The Morgan fingerprint density at radius 2 is 1.42 bits per heavy atom. The molecule has 0 saturated heterocycles. The Kier molecular flexibility index (Phi) is 3.22. The fourth-order valence-electron chi connectivity index (χ4n) is 2.14. The van der Waals surface area contributed by atoms with Gasteiger partial charge in [-0.3, -0.25) is 0 Å². The van der Waals surface area contributed by atoms with Gasteiger partial charge in [0, 0.05) is 18.8 Å². The standard InChI is InChI=1S/C16H13BrN2/c1-19-11-15(17)18-16(19)14-9-7-13(8-10-14)12-5-3-2-4-6-12/h2-11H,1H3. The van der Waals surface area contributed by atoms with Gasteiger partial charge in [-0.05, 0) is 27.1 Å².